The van der Waals surface area contributed by atoms with E-state index in [2.05, 4.69) is 15.3 Å². The highest BCUT2D eigenvalue weighted by atomic mass is 16.1. The minimum atomic E-state index is -0.213. The minimum absolute atomic E-state index is 0.213. The van der Waals surface area contributed by atoms with E-state index >= 15 is 0 Å². The van der Waals surface area contributed by atoms with Crippen LogP contribution in [0, 0.1) is 0 Å². The van der Waals surface area contributed by atoms with E-state index in [9.17, 15) is 4.79 Å². The van der Waals surface area contributed by atoms with E-state index in [1.807, 2.05) is 78.9 Å². The molecule has 2 aromatic heterocycles. The van der Waals surface area contributed by atoms with Crippen molar-refractivity contribution >= 4 is 16.9 Å². The van der Waals surface area contributed by atoms with Gasteiger partial charge in [-0.3, -0.25) is 4.79 Å². The Morgan fingerprint density at radius 2 is 1.34 bits per heavy atom. The fourth-order valence-electron chi connectivity index (χ4n) is 3.16. The molecule has 0 N–H and O–H groups in total. The molecule has 0 bridgehead atoms. The number of fused-ring (bicyclic) bond motifs is 1. The second kappa shape index (κ2) is 7.09. The highest BCUT2D eigenvalue weighted by molar-refractivity contribution is 6.13. The molecule has 5 aromatic rings. The second-order valence-electron chi connectivity index (χ2n) is 6.47. The van der Waals surface area contributed by atoms with Crippen LogP contribution in [0.1, 0.15) is 16.1 Å². The van der Waals surface area contributed by atoms with Crippen LogP contribution < -0.4 is 0 Å². The van der Waals surface area contributed by atoms with Gasteiger partial charge in [-0.25, -0.2) is 9.97 Å². The van der Waals surface area contributed by atoms with Crippen LogP contribution in [0.2, 0.25) is 0 Å². The maximum atomic E-state index is 13.2. The van der Waals surface area contributed by atoms with Crippen LogP contribution in [0.5, 0.6) is 0 Å². The SMILES string of the molecule is O=C(c1ccccc1)c1nc(-c2ccccc2)nc2c1nnn2-c1ccccc1. The van der Waals surface area contributed by atoms with Crippen LogP contribution in [0.4, 0.5) is 0 Å². The molecule has 6 nitrogen and oxygen atoms in total. The molecule has 0 aliphatic heterocycles. The molecule has 6 heteroatoms. The van der Waals surface area contributed by atoms with E-state index < -0.39 is 0 Å². The van der Waals surface area contributed by atoms with Crippen molar-refractivity contribution in [1.82, 2.24) is 25.0 Å². The Morgan fingerprint density at radius 3 is 2.03 bits per heavy atom. The van der Waals surface area contributed by atoms with E-state index in [4.69, 9.17) is 4.98 Å². The Balaban J connectivity index is 1.78. The molecule has 0 aliphatic carbocycles. The minimum Gasteiger partial charge on any atom is -0.287 e. The summed E-state index contributed by atoms with van der Waals surface area (Å²) in [6, 6.07) is 28.2. The zero-order valence-electron chi connectivity index (χ0n) is 15.3. The highest BCUT2D eigenvalue weighted by Crippen LogP contribution is 2.24. The summed E-state index contributed by atoms with van der Waals surface area (Å²) >= 11 is 0. The monoisotopic (exact) mass is 377 g/mol. The van der Waals surface area contributed by atoms with Crippen LogP contribution >= 0.6 is 0 Å². The third kappa shape index (κ3) is 3.06. The van der Waals surface area contributed by atoms with E-state index in [-0.39, 0.29) is 11.5 Å². The molecule has 0 spiro atoms. The average molecular weight is 377 g/mol. The molecule has 29 heavy (non-hydrogen) atoms. The first-order valence-electron chi connectivity index (χ1n) is 9.15. The van der Waals surface area contributed by atoms with Crippen LogP contribution in [0.3, 0.4) is 0 Å². The number of para-hydroxylation sites is 1. The summed E-state index contributed by atoms with van der Waals surface area (Å²) in [6.07, 6.45) is 0. The molecule has 3 aromatic carbocycles. The average Bonchev–Trinajstić information content (AvgIpc) is 3.24. The van der Waals surface area contributed by atoms with Crippen molar-refractivity contribution in [2.24, 2.45) is 0 Å². The van der Waals surface area contributed by atoms with Gasteiger partial charge in [0.25, 0.3) is 0 Å². The largest absolute Gasteiger partial charge is 0.287 e. The number of hydrogen-bond acceptors (Lipinski definition) is 5. The van der Waals surface area contributed by atoms with Gasteiger partial charge in [0, 0.05) is 11.1 Å². The summed E-state index contributed by atoms with van der Waals surface area (Å²) in [6.45, 7) is 0. The van der Waals surface area contributed by atoms with E-state index in [1.54, 1.807) is 16.8 Å². The van der Waals surface area contributed by atoms with E-state index in [1.165, 1.54) is 0 Å². The number of ketones is 1. The standard InChI is InChI=1S/C23H15N5O/c29-21(16-10-4-1-5-11-16)19-20-23(25-22(24-19)17-12-6-2-7-13-17)28(27-26-20)18-14-8-3-9-15-18/h1-15H. The number of hydrogen-bond donors (Lipinski definition) is 0. The van der Waals surface area contributed by atoms with Gasteiger partial charge < -0.3 is 0 Å². The summed E-state index contributed by atoms with van der Waals surface area (Å²) < 4.78 is 1.63. The maximum Gasteiger partial charge on any atom is 0.213 e. The third-order valence-corrected chi connectivity index (χ3v) is 4.58. The molecule has 0 unspecified atom stereocenters. The number of aromatic nitrogens is 5. The molecule has 0 atom stereocenters. The van der Waals surface area contributed by atoms with E-state index in [0.717, 1.165) is 11.3 Å². The summed E-state index contributed by atoms with van der Waals surface area (Å²) in [5.74, 6) is 0.243. The second-order valence-corrected chi connectivity index (χ2v) is 6.47. The summed E-state index contributed by atoms with van der Waals surface area (Å²) in [4.78, 5) is 22.5. The van der Waals surface area contributed by atoms with Crippen LogP contribution in [-0.4, -0.2) is 30.7 Å². The first kappa shape index (κ1) is 16.9. The van der Waals surface area contributed by atoms with Gasteiger partial charge in [0.2, 0.25) is 5.78 Å². The van der Waals surface area contributed by atoms with Crippen LogP contribution in [0.15, 0.2) is 91.0 Å². The Bertz CT molecular complexity index is 1300. The van der Waals surface area contributed by atoms with Gasteiger partial charge >= 0.3 is 0 Å². The molecule has 0 saturated carbocycles. The molecular formula is C23H15N5O. The zero-order chi connectivity index (χ0) is 19.6. The predicted molar refractivity (Wildman–Crippen MR) is 110 cm³/mol. The zero-order valence-corrected chi connectivity index (χ0v) is 15.3. The van der Waals surface area contributed by atoms with E-state index in [0.29, 0.717) is 22.6 Å². The summed E-state index contributed by atoms with van der Waals surface area (Å²) in [7, 11) is 0. The maximum absolute atomic E-state index is 13.2. The van der Waals surface area contributed by atoms with Crippen molar-refractivity contribution in [3.8, 4) is 17.1 Å². The highest BCUT2D eigenvalue weighted by Gasteiger charge is 2.22. The molecule has 138 valence electrons. The van der Waals surface area contributed by atoms with Crippen molar-refractivity contribution < 1.29 is 4.79 Å². The van der Waals surface area contributed by atoms with Gasteiger partial charge in [-0.2, -0.15) is 4.68 Å². The Kier molecular flexibility index (Phi) is 4.14. The van der Waals surface area contributed by atoms with Crippen LogP contribution in [-0.2, 0) is 0 Å². The molecule has 2 heterocycles. The molecular weight excluding hydrogens is 362 g/mol. The molecule has 5 rings (SSSR count). The Hall–Kier alpha value is -4.19. The Labute approximate surface area is 166 Å². The topological polar surface area (TPSA) is 73.6 Å². The Morgan fingerprint density at radius 1 is 0.724 bits per heavy atom. The lowest BCUT2D eigenvalue weighted by Crippen LogP contribution is -2.08. The van der Waals surface area contributed by atoms with Gasteiger partial charge in [0.1, 0.15) is 5.69 Å². The number of carbonyl (C=O) groups excluding carboxylic acids is 1. The van der Waals surface area contributed by atoms with Gasteiger partial charge in [-0.05, 0) is 12.1 Å². The van der Waals surface area contributed by atoms with Crippen molar-refractivity contribution in [1.29, 1.82) is 0 Å². The number of nitrogens with zero attached hydrogens (tertiary/aromatic N) is 5. The lowest BCUT2D eigenvalue weighted by molar-refractivity contribution is 0.103. The molecule has 0 radical (unpaired) electrons. The fraction of sp³-hybridized carbons (Fsp3) is 0. The van der Waals surface area contributed by atoms with Crippen molar-refractivity contribution in [3.63, 3.8) is 0 Å². The molecule has 0 aliphatic rings. The fourth-order valence-corrected chi connectivity index (χ4v) is 3.16. The van der Waals surface area contributed by atoms with Crippen molar-refractivity contribution in [2.75, 3.05) is 0 Å². The van der Waals surface area contributed by atoms with Gasteiger partial charge in [-0.15, -0.1) is 5.10 Å². The lowest BCUT2D eigenvalue weighted by atomic mass is 10.1. The van der Waals surface area contributed by atoms with Gasteiger partial charge in [0.15, 0.2) is 17.0 Å². The summed E-state index contributed by atoms with van der Waals surface area (Å²) in [5, 5.41) is 8.49. The van der Waals surface area contributed by atoms with Crippen LogP contribution in [0.25, 0.3) is 28.2 Å². The number of rotatable bonds is 4. The number of carbonyl (C=O) groups is 1. The smallest absolute Gasteiger partial charge is 0.213 e. The first-order chi connectivity index (χ1) is 14.3. The molecule has 0 saturated heterocycles. The lowest BCUT2D eigenvalue weighted by Gasteiger charge is -2.07. The normalized spacial score (nSPS) is 10.9. The molecule has 0 fully saturated rings. The van der Waals surface area contributed by atoms with Crippen molar-refractivity contribution in [2.45, 2.75) is 0 Å². The van der Waals surface area contributed by atoms with Gasteiger partial charge in [-0.1, -0.05) is 84.1 Å². The first-order valence-corrected chi connectivity index (χ1v) is 9.15. The summed E-state index contributed by atoms with van der Waals surface area (Å²) in [5.41, 5.74) is 3.28. The third-order valence-electron chi connectivity index (χ3n) is 4.58. The number of benzene rings is 3. The molecule has 0 amide bonds. The predicted octanol–water partition coefficient (Wildman–Crippen LogP) is 4.11. The van der Waals surface area contributed by atoms with Gasteiger partial charge in [0.05, 0.1) is 5.69 Å². The van der Waals surface area contributed by atoms with Crippen molar-refractivity contribution in [3.05, 3.63) is 102 Å². The quantitative estimate of drug-likeness (QED) is 0.441.